The van der Waals surface area contributed by atoms with Gasteiger partial charge in [0.15, 0.2) is 5.96 Å². The lowest BCUT2D eigenvalue weighted by molar-refractivity contribution is 0.0955. The quantitative estimate of drug-likeness (QED) is 0.340. The third kappa shape index (κ3) is 7.02. The number of aryl methyl sites for hydroxylation is 1. The van der Waals surface area contributed by atoms with Gasteiger partial charge in [0.2, 0.25) is 0 Å². The molecule has 0 aliphatic rings. The maximum Gasteiger partial charge on any atom is 0.251 e. The summed E-state index contributed by atoms with van der Waals surface area (Å²) in [5.74, 6) is 1.11. The molecule has 0 aliphatic carbocycles. The summed E-state index contributed by atoms with van der Waals surface area (Å²) >= 11 is 0. The van der Waals surface area contributed by atoms with Gasteiger partial charge in [0, 0.05) is 58.1 Å². The van der Waals surface area contributed by atoms with Crippen molar-refractivity contribution in [3.8, 4) is 0 Å². The Balaban J connectivity index is 0.00000420. The number of carbonyl (C=O) groups excluding carboxylic acids is 1. The van der Waals surface area contributed by atoms with E-state index in [9.17, 15) is 4.79 Å². The Morgan fingerprint density at radius 3 is 2.66 bits per heavy atom. The Morgan fingerprint density at radius 2 is 2.03 bits per heavy atom. The fourth-order valence-corrected chi connectivity index (χ4v) is 3.14. The molecule has 0 spiro atoms. The summed E-state index contributed by atoms with van der Waals surface area (Å²) in [5.41, 5.74) is 4.00. The van der Waals surface area contributed by atoms with Crippen molar-refractivity contribution in [1.82, 2.24) is 25.3 Å². The minimum absolute atomic E-state index is 0. The van der Waals surface area contributed by atoms with Crippen LogP contribution in [-0.4, -0.2) is 47.2 Å². The first-order valence-electron chi connectivity index (χ1n) is 9.67. The maximum atomic E-state index is 12.0. The first-order chi connectivity index (χ1) is 13.3. The largest absolute Gasteiger partial charge is 0.352 e. The van der Waals surface area contributed by atoms with E-state index in [1.54, 1.807) is 7.05 Å². The van der Waals surface area contributed by atoms with E-state index in [4.69, 9.17) is 0 Å². The number of aromatic nitrogens is 2. The summed E-state index contributed by atoms with van der Waals surface area (Å²) in [7, 11) is 5.73. The number of benzene rings is 1. The number of guanidine groups is 1. The van der Waals surface area contributed by atoms with Gasteiger partial charge in [0.1, 0.15) is 0 Å². The van der Waals surface area contributed by atoms with Crippen molar-refractivity contribution in [3.63, 3.8) is 0 Å². The highest BCUT2D eigenvalue weighted by atomic mass is 127. The van der Waals surface area contributed by atoms with Crippen molar-refractivity contribution in [2.24, 2.45) is 12.0 Å². The average molecular weight is 512 g/mol. The number of carbonyl (C=O) groups is 1. The van der Waals surface area contributed by atoms with Crippen LogP contribution in [0.4, 0.5) is 0 Å². The normalized spacial score (nSPS) is 11.2. The summed E-state index contributed by atoms with van der Waals surface area (Å²) < 4.78 is 1.86. The zero-order chi connectivity index (χ0) is 20.7. The zero-order valence-electron chi connectivity index (χ0n) is 18.2. The second kappa shape index (κ2) is 11.8. The molecule has 7 nitrogen and oxygen atoms in total. The Morgan fingerprint density at radius 1 is 1.31 bits per heavy atom. The summed E-state index contributed by atoms with van der Waals surface area (Å²) in [6.45, 7) is 8.15. The molecule has 1 amide bonds. The first kappa shape index (κ1) is 24.9. The van der Waals surface area contributed by atoms with E-state index in [0.29, 0.717) is 24.6 Å². The Labute approximate surface area is 191 Å². The molecule has 1 aromatic carbocycles. The van der Waals surface area contributed by atoms with Gasteiger partial charge in [-0.3, -0.25) is 14.5 Å². The summed E-state index contributed by atoms with van der Waals surface area (Å²) in [6, 6.07) is 7.63. The smallest absolute Gasteiger partial charge is 0.251 e. The van der Waals surface area contributed by atoms with Crippen molar-refractivity contribution in [2.75, 3.05) is 20.6 Å². The second-order valence-electron chi connectivity index (χ2n) is 7.18. The molecular formula is C21H33IN6O. The van der Waals surface area contributed by atoms with Crippen molar-refractivity contribution in [3.05, 3.63) is 52.8 Å². The van der Waals surface area contributed by atoms with E-state index in [-0.39, 0.29) is 29.9 Å². The first-order valence-corrected chi connectivity index (χ1v) is 9.67. The average Bonchev–Trinajstić information content (AvgIpc) is 3.03. The highest BCUT2D eigenvalue weighted by Gasteiger charge is 2.15. The summed E-state index contributed by atoms with van der Waals surface area (Å²) in [4.78, 5) is 18.5. The van der Waals surface area contributed by atoms with Crippen molar-refractivity contribution in [1.29, 1.82) is 0 Å². The Hall–Kier alpha value is -2.10. The molecule has 1 heterocycles. The molecule has 2 N–H and O–H groups in total. The van der Waals surface area contributed by atoms with Gasteiger partial charge >= 0.3 is 0 Å². The number of halogens is 1. The van der Waals surface area contributed by atoms with Crippen molar-refractivity contribution >= 4 is 35.8 Å². The lowest BCUT2D eigenvalue weighted by Gasteiger charge is -2.22. The molecule has 0 saturated heterocycles. The molecule has 0 aliphatic heterocycles. The van der Waals surface area contributed by atoms with Gasteiger partial charge in [0.05, 0.1) is 5.69 Å². The summed E-state index contributed by atoms with van der Waals surface area (Å²) in [6.07, 6.45) is 2.06. The molecule has 0 unspecified atom stereocenters. The fourth-order valence-electron chi connectivity index (χ4n) is 3.14. The van der Waals surface area contributed by atoms with Gasteiger partial charge in [-0.25, -0.2) is 0 Å². The molecule has 8 heteroatoms. The topological polar surface area (TPSA) is 74.6 Å². The number of hydrogen-bond donors (Lipinski definition) is 2. The lowest BCUT2D eigenvalue weighted by Crippen LogP contribution is -2.38. The fraction of sp³-hybridized carbons (Fsp3) is 0.476. The van der Waals surface area contributed by atoms with Crippen LogP contribution in [0, 0.1) is 0 Å². The number of aliphatic imine (C=N–C) groups is 1. The van der Waals surface area contributed by atoms with Gasteiger partial charge in [-0.2, -0.15) is 5.10 Å². The van der Waals surface area contributed by atoms with E-state index < -0.39 is 0 Å². The molecule has 0 atom stereocenters. The highest BCUT2D eigenvalue weighted by molar-refractivity contribution is 14.0. The molecule has 2 aromatic rings. The molecule has 160 valence electrons. The van der Waals surface area contributed by atoms with E-state index >= 15 is 0 Å². The van der Waals surface area contributed by atoms with E-state index in [1.165, 1.54) is 5.56 Å². The monoisotopic (exact) mass is 512 g/mol. The van der Waals surface area contributed by atoms with E-state index in [1.807, 2.05) is 50.0 Å². The van der Waals surface area contributed by atoms with Crippen LogP contribution < -0.4 is 10.6 Å². The standard InChI is InChI=1S/C21H32N6O.HI/c1-7-23-20(28)17-10-8-9-16(11-17)12-24-21(22-4)26(5)13-18-14-27(6)25-19(18)15(2)3;/h8-11,14-15H,7,12-13H2,1-6H3,(H,22,24)(H,23,28);1H. The van der Waals surface area contributed by atoms with E-state index in [0.717, 1.165) is 23.8 Å². The third-order valence-corrected chi connectivity index (χ3v) is 4.44. The predicted octanol–water partition coefficient (Wildman–Crippen LogP) is 3.12. The number of hydrogen-bond acceptors (Lipinski definition) is 3. The van der Waals surface area contributed by atoms with Gasteiger partial charge in [-0.05, 0) is 30.5 Å². The number of nitrogens with zero attached hydrogens (tertiary/aromatic N) is 4. The van der Waals surface area contributed by atoms with Gasteiger partial charge in [-0.1, -0.05) is 26.0 Å². The Kier molecular flexibility index (Phi) is 10.1. The van der Waals surface area contributed by atoms with Crippen molar-refractivity contribution < 1.29 is 4.79 Å². The zero-order valence-corrected chi connectivity index (χ0v) is 20.5. The van der Waals surface area contributed by atoms with E-state index in [2.05, 4.69) is 45.7 Å². The second-order valence-corrected chi connectivity index (χ2v) is 7.18. The number of amides is 1. The van der Waals surface area contributed by atoms with Gasteiger partial charge in [-0.15, -0.1) is 24.0 Å². The molecule has 2 rings (SSSR count). The van der Waals surface area contributed by atoms with Crippen LogP contribution >= 0.6 is 24.0 Å². The maximum absolute atomic E-state index is 12.0. The van der Waals surface area contributed by atoms with Crippen LogP contribution in [0.15, 0.2) is 35.5 Å². The molecule has 29 heavy (non-hydrogen) atoms. The van der Waals surface area contributed by atoms with Gasteiger partial charge in [0.25, 0.3) is 5.91 Å². The number of nitrogens with one attached hydrogen (secondary N) is 2. The highest BCUT2D eigenvalue weighted by Crippen LogP contribution is 2.18. The minimum Gasteiger partial charge on any atom is -0.352 e. The summed E-state index contributed by atoms with van der Waals surface area (Å²) in [5, 5.41) is 10.8. The SMILES string of the molecule is CCNC(=O)c1cccc(CNC(=NC)N(C)Cc2cn(C)nc2C(C)C)c1.I. The molecule has 1 aromatic heterocycles. The van der Waals surface area contributed by atoms with Crippen LogP contribution in [0.2, 0.25) is 0 Å². The predicted molar refractivity (Wildman–Crippen MR) is 129 cm³/mol. The third-order valence-electron chi connectivity index (χ3n) is 4.44. The molecule has 0 saturated carbocycles. The lowest BCUT2D eigenvalue weighted by atomic mass is 10.1. The molecule has 0 radical (unpaired) electrons. The van der Waals surface area contributed by atoms with Crippen molar-refractivity contribution in [2.45, 2.75) is 39.8 Å². The molecule has 0 fully saturated rings. The van der Waals surface area contributed by atoms with Crippen LogP contribution in [0.5, 0.6) is 0 Å². The molecular weight excluding hydrogens is 479 g/mol. The Bertz CT molecular complexity index is 830. The minimum atomic E-state index is -0.0522. The molecule has 0 bridgehead atoms. The van der Waals surface area contributed by atoms with Crippen LogP contribution in [0.3, 0.4) is 0 Å². The van der Waals surface area contributed by atoms with Crippen LogP contribution in [0.1, 0.15) is 53.9 Å². The van der Waals surface area contributed by atoms with Crippen LogP contribution in [0.25, 0.3) is 0 Å². The van der Waals surface area contributed by atoms with Crippen LogP contribution in [-0.2, 0) is 20.1 Å². The number of rotatable bonds is 7. The van der Waals surface area contributed by atoms with Gasteiger partial charge < -0.3 is 15.5 Å².